The van der Waals surface area contributed by atoms with Crippen LogP contribution in [0.4, 0.5) is 0 Å². The number of unbranched alkanes of at least 4 members (excludes halogenated alkanes) is 1. The Hall–Kier alpha value is 0.350. The van der Waals surface area contributed by atoms with Crippen molar-refractivity contribution in [3.8, 4) is 0 Å². The first kappa shape index (κ1) is 10.4. The number of allylic oxidation sites excluding steroid dienone is 4. The second-order valence-electron chi connectivity index (χ2n) is 2.56. The molecule has 1 aliphatic rings. The normalized spacial score (nSPS) is 14.7. The van der Waals surface area contributed by atoms with Crippen LogP contribution in [0.2, 0.25) is 0 Å². The largest absolute Gasteiger partial charge is 0.0805 e. The maximum atomic E-state index is 2.25. The zero-order valence-corrected chi connectivity index (χ0v) is 10.2. The van der Waals surface area contributed by atoms with E-state index in [1.807, 2.05) is 0 Å². The molecule has 54 valence electrons. The summed E-state index contributed by atoms with van der Waals surface area (Å²) in [5.41, 5.74) is 1.61. The molecule has 0 saturated carbocycles. The Morgan fingerprint density at radius 1 is 1.50 bits per heavy atom. The summed E-state index contributed by atoms with van der Waals surface area (Å²) in [6, 6.07) is 0. The summed E-state index contributed by atoms with van der Waals surface area (Å²) >= 11 is 0. The van der Waals surface area contributed by atoms with Crippen LogP contribution in [-0.2, 0) is 25.8 Å². The first-order chi connectivity index (χ1) is 4.43. The SMILES string of the molecule is CCCCC1=CC=CC1.[Hf]. The second kappa shape index (κ2) is 6.09. The molecule has 0 aliphatic heterocycles. The molecule has 10 heavy (non-hydrogen) atoms. The molecule has 0 aromatic carbocycles. The van der Waals surface area contributed by atoms with E-state index in [9.17, 15) is 0 Å². The minimum Gasteiger partial charge on any atom is -0.0805 e. The van der Waals surface area contributed by atoms with Gasteiger partial charge in [0.15, 0.2) is 0 Å². The molecule has 1 rings (SSSR count). The number of rotatable bonds is 3. The topological polar surface area (TPSA) is 0 Å². The first-order valence-corrected chi connectivity index (χ1v) is 3.78. The molecule has 0 fully saturated rings. The van der Waals surface area contributed by atoms with Crippen molar-refractivity contribution >= 4 is 0 Å². The Morgan fingerprint density at radius 2 is 2.30 bits per heavy atom. The molecule has 0 saturated heterocycles. The summed E-state index contributed by atoms with van der Waals surface area (Å²) in [7, 11) is 0. The Bertz CT molecular complexity index is 134. The molecule has 0 atom stereocenters. The third kappa shape index (κ3) is 3.50. The van der Waals surface area contributed by atoms with Crippen LogP contribution in [0.3, 0.4) is 0 Å². The fourth-order valence-corrected chi connectivity index (χ4v) is 1.08. The van der Waals surface area contributed by atoms with Gasteiger partial charge in [0, 0.05) is 25.8 Å². The van der Waals surface area contributed by atoms with E-state index < -0.39 is 0 Å². The van der Waals surface area contributed by atoms with Gasteiger partial charge in [-0.15, -0.1) is 0 Å². The number of hydrogen-bond acceptors (Lipinski definition) is 0. The molecule has 0 spiro atoms. The van der Waals surface area contributed by atoms with Gasteiger partial charge >= 0.3 is 0 Å². The maximum Gasteiger partial charge on any atom is 0 e. The summed E-state index contributed by atoms with van der Waals surface area (Å²) in [5.74, 6) is 0. The molecular formula is C9H14Hf. The average molecular weight is 301 g/mol. The van der Waals surface area contributed by atoms with Gasteiger partial charge < -0.3 is 0 Å². The maximum absolute atomic E-state index is 2.25. The van der Waals surface area contributed by atoms with Gasteiger partial charge in [-0.25, -0.2) is 0 Å². The fraction of sp³-hybridized carbons (Fsp3) is 0.556. The summed E-state index contributed by atoms with van der Waals surface area (Å²) in [4.78, 5) is 0. The van der Waals surface area contributed by atoms with Crippen molar-refractivity contribution in [1.82, 2.24) is 0 Å². The van der Waals surface area contributed by atoms with Crippen LogP contribution in [0.25, 0.3) is 0 Å². The molecule has 0 amide bonds. The number of hydrogen-bond donors (Lipinski definition) is 0. The average Bonchev–Trinajstić information content (AvgIpc) is 2.34. The second-order valence-corrected chi connectivity index (χ2v) is 2.56. The van der Waals surface area contributed by atoms with E-state index >= 15 is 0 Å². The third-order valence-corrected chi connectivity index (χ3v) is 1.70. The van der Waals surface area contributed by atoms with Crippen LogP contribution in [0.5, 0.6) is 0 Å². The summed E-state index contributed by atoms with van der Waals surface area (Å²) in [6.45, 7) is 2.24. The monoisotopic (exact) mass is 302 g/mol. The molecule has 0 aromatic rings. The van der Waals surface area contributed by atoms with Crippen molar-refractivity contribution in [2.24, 2.45) is 0 Å². The van der Waals surface area contributed by atoms with Gasteiger partial charge in [-0.3, -0.25) is 0 Å². The van der Waals surface area contributed by atoms with E-state index in [4.69, 9.17) is 0 Å². The van der Waals surface area contributed by atoms with E-state index in [2.05, 4.69) is 25.2 Å². The van der Waals surface area contributed by atoms with Crippen molar-refractivity contribution < 1.29 is 25.8 Å². The molecule has 0 heterocycles. The minimum absolute atomic E-state index is 0. The Morgan fingerprint density at radius 3 is 2.80 bits per heavy atom. The summed E-state index contributed by atoms with van der Waals surface area (Å²) < 4.78 is 0. The van der Waals surface area contributed by atoms with Crippen LogP contribution in [0.1, 0.15) is 32.6 Å². The van der Waals surface area contributed by atoms with Crippen molar-refractivity contribution in [1.29, 1.82) is 0 Å². The Kier molecular flexibility index (Phi) is 6.30. The predicted molar refractivity (Wildman–Crippen MR) is 41.4 cm³/mol. The fourth-order valence-electron chi connectivity index (χ4n) is 1.08. The van der Waals surface area contributed by atoms with Crippen LogP contribution in [0, 0.1) is 0 Å². The molecule has 1 aliphatic carbocycles. The molecule has 0 N–H and O–H groups in total. The summed E-state index contributed by atoms with van der Waals surface area (Å²) in [5, 5.41) is 0. The first-order valence-electron chi connectivity index (χ1n) is 3.78. The standard InChI is InChI=1S/C9H14.Hf/c1-2-3-6-9-7-4-5-8-9;/h4-5,7H,2-3,6,8H2,1H3;. The zero-order valence-electron chi connectivity index (χ0n) is 6.56. The van der Waals surface area contributed by atoms with Gasteiger partial charge in [0.1, 0.15) is 0 Å². The van der Waals surface area contributed by atoms with Crippen molar-refractivity contribution in [3.05, 3.63) is 23.8 Å². The van der Waals surface area contributed by atoms with Crippen LogP contribution in [-0.4, -0.2) is 0 Å². The smallest absolute Gasteiger partial charge is 0 e. The van der Waals surface area contributed by atoms with E-state index in [0.29, 0.717) is 0 Å². The van der Waals surface area contributed by atoms with Gasteiger partial charge in [-0.05, 0) is 19.3 Å². The molecule has 0 unspecified atom stereocenters. The van der Waals surface area contributed by atoms with Gasteiger partial charge in [0.05, 0.1) is 0 Å². The van der Waals surface area contributed by atoms with Crippen molar-refractivity contribution in [2.45, 2.75) is 32.6 Å². The van der Waals surface area contributed by atoms with E-state index in [1.165, 1.54) is 25.7 Å². The van der Waals surface area contributed by atoms with E-state index in [-0.39, 0.29) is 25.8 Å². The minimum atomic E-state index is 0. The van der Waals surface area contributed by atoms with Crippen LogP contribution >= 0.6 is 0 Å². The van der Waals surface area contributed by atoms with Gasteiger partial charge in [0.2, 0.25) is 0 Å². The van der Waals surface area contributed by atoms with Crippen LogP contribution in [0.15, 0.2) is 23.8 Å². The quantitative estimate of drug-likeness (QED) is 0.703. The van der Waals surface area contributed by atoms with E-state index in [0.717, 1.165) is 0 Å². The van der Waals surface area contributed by atoms with Gasteiger partial charge in [0.25, 0.3) is 0 Å². The predicted octanol–water partition coefficient (Wildman–Crippen LogP) is 3.06. The third-order valence-electron chi connectivity index (χ3n) is 1.70. The van der Waals surface area contributed by atoms with Crippen LogP contribution < -0.4 is 0 Å². The molecule has 0 radical (unpaired) electrons. The van der Waals surface area contributed by atoms with Gasteiger partial charge in [-0.1, -0.05) is 37.1 Å². The Balaban J connectivity index is 0.000000810. The zero-order chi connectivity index (χ0) is 6.53. The van der Waals surface area contributed by atoms with E-state index in [1.54, 1.807) is 5.57 Å². The summed E-state index contributed by atoms with van der Waals surface area (Å²) in [6.07, 6.45) is 11.8. The van der Waals surface area contributed by atoms with Crippen molar-refractivity contribution in [2.75, 3.05) is 0 Å². The molecule has 1 heteroatoms. The van der Waals surface area contributed by atoms with Crippen molar-refractivity contribution in [3.63, 3.8) is 0 Å². The molecule has 0 nitrogen and oxygen atoms in total. The molecular weight excluding hydrogens is 287 g/mol. The van der Waals surface area contributed by atoms with Gasteiger partial charge in [-0.2, -0.15) is 0 Å². The Labute approximate surface area is 82.2 Å². The molecule has 0 bridgehead atoms. The molecule has 0 aromatic heterocycles.